The van der Waals surface area contributed by atoms with Crippen LogP contribution in [0.1, 0.15) is 43.0 Å². The van der Waals surface area contributed by atoms with Crippen molar-refractivity contribution in [3.05, 3.63) is 28.6 Å². The fraction of sp³-hybridized carbons (Fsp3) is 0.500. The van der Waals surface area contributed by atoms with Crippen molar-refractivity contribution in [1.82, 2.24) is 9.88 Å². The zero-order chi connectivity index (χ0) is 17.8. The Morgan fingerprint density at radius 2 is 2.28 bits per heavy atom. The zero-order valence-corrected chi connectivity index (χ0v) is 15.1. The van der Waals surface area contributed by atoms with Crippen molar-refractivity contribution < 1.29 is 18.7 Å². The summed E-state index contributed by atoms with van der Waals surface area (Å²) in [6.45, 7) is 3.63. The number of esters is 1. The monoisotopic (exact) mass is 362 g/mol. The number of fused-ring (bicyclic) bond motifs is 1. The van der Waals surface area contributed by atoms with Gasteiger partial charge in [-0.2, -0.15) is 0 Å². The van der Waals surface area contributed by atoms with Crippen LogP contribution in [0.4, 0.5) is 0 Å². The number of carbonyl (C=O) groups is 2. The van der Waals surface area contributed by atoms with Crippen LogP contribution in [0.25, 0.3) is 11.1 Å². The molecule has 1 aliphatic rings. The molecule has 0 spiro atoms. The van der Waals surface area contributed by atoms with Crippen LogP contribution in [0.5, 0.6) is 0 Å². The fourth-order valence-electron chi connectivity index (χ4n) is 3.30. The average Bonchev–Trinajstić information content (AvgIpc) is 2.99. The Balaban J connectivity index is 1.64. The van der Waals surface area contributed by atoms with Gasteiger partial charge in [0.15, 0.2) is 5.58 Å². The second-order valence-corrected chi connectivity index (χ2v) is 6.70. The number of hydrogen-bond donors (Lipinski definition) is 1. The van der Waals surface area contributed by atoms with Gasteiger partial charge in [0.05, 0.1) is 12.1 Å². The Hall–Kier alpha value is -2.15. The maximum absolute atomic E-state index is 12.8. The SMILES string of the molecule is CCOC(=O)CC[C@H]1CCCN(C(=O)c2ccc3[nH]c(=S)oc3c2)C1. The molecule has 0 unspecified atom stereocenters. The van der Waals surface area contributed by atoms with Crippen molar-refractivity contribution in [2.75, 3.05) is 19.7 Å². The van der Waals surface area contributed by atoms with Crippen LogP contribution in [0.2, 0.25) is 0 Å². The maximum Gasteiger partial charge on any atom is 0.305 e. The molecule has 134 valence electrons. The molecule has 0 bridgehead atoms. The van der Waals surface area contributed by atoms with Gasteiger partial charge in [0, 0.05) is 25.1 Å². The van der Waals surface area contributed by atoms with E-state index in [-0.39, 0.29) is 11.9 Å². The largest absolute Gasteiger partial charge is 0.466 e. The molecule has 1 N–H and O–H groups in total. The minimum absolute atomic E-state index is 0.00921. The Kier molecular flexibility index (Phi) is 5.53. The summed E-state index contributed by atoms with van der Waals surface area (Å²) < 4.78 is 10.4. The molecule has 25 heavy (non-hydrogen) atoms. The number of likely N-dealkylation sites (tertiary alicyclic amines) is 1. The molecule has 6 nitrogen and oxygen atoms in total. The minimum atomic E-state index is -0.162. The first kappa shape index (κ1) is 17.7. The van der Waals surface area contributed by atoms with E-state index in [2.05, 4.69) is 4.98 Å². The Bertz CT molecular complexity index is 826. The van der Waals surface area contributed by atoms with Gasteiger partial charge in [-0.15, -0.1) is 0 Å². The number of piperidine rings is 1. The number of H-pyrrole nitrogens is 1. The second-order valence-electron chi connectivity index (χ2n) is 6.33. The molecule has 0 aliphatic carbocycles. The topological polar surface area (TPSA) is 75.5 Å². The van der Waals surface area contributed by atoms with Gasteiger partial charge < -0.3 is 19.0 Å². The highest BCUT2D eigenvalue weighted by Gasteiger charge is 2.25. The zero-order valence-electron chi connectivity index (χ0n) is 14.2. The van der Waals surface area contributed by atoms with Crippen LogP contribution in [-0.4, -0.2) is 41.5 Å². The number of nitrogens with zero attached hydrogens (tertiary/aromatic N) is 1. The Morgan fingerprint density at radius 3 is 3.08 bits per heavy atom. The minimum Gasteiger partial charge on any atom is -0.466 e. The number of aromatic amines is 1. The van der Waals surface area contributed by atoms with Crippen LogP contribution in [0.15, 0.2) is 22.6 Å². The van der Waals surface area contributed by atoms with Gasteiger partial charge in [-0.25, -0.2) is 0 Å². The highest BCUT2D eigenvalue weighted by molar-refractivity contribution is 7.71. The number of aromatic nitrogens is 1. The van der Waals surface area contributed by atoms with Crippen LogP contribution in [0, 0.1) is 10.8 Å². The molecule has 1 saturated heterocycles. The summed E-state index contributed by atoms with van der Waals surface area (Å²) in [5, 5.41) is 0. The Morgan fingerprint density at radius 1 is 1.44 bits per heavy atom. The molecular formula is C18H22N2O4S. The second kappa shape index (κ2) is 7.82. The van der Waals surface area contributed by atoms with Crippen molar-refractivity contribution in [2.24, 2.45) is 5.92 Å². The third-order valence-electron chi connectivity index (χ3n) is 4.54. The molecule has 1 aliphatic heterocycles. The summed E-state index contributed by atoms with van der Waals surface area (Å²) in [4.78, 5) is 29.4. The summed E-state index contributed by atoms with van der Waals surface area (Å²) in [5.74, 6) is 0.164. The molecule has 0 saturated carbocycles. The number of benzene rings is 1. The lowest BCUT2D eigenvalue weighted by Gasteiger charge is -2.32. The number of ether oxygens (including phenoxy) is 1. The van der Waals surface area contributed by atoms with Gasteiger partial charge >= 0.3 is 5.97 Å². The molecule has 2 heterocycles. The van der Waals surface area contributed by atoms with E-state index < -0.39 is 0 Å². The smallest absolute Gasteiger partial charge is 0.305 e. The van der Waals surface area contributed by atoms with E-state index in [0.29, 0.717) is 41.5 Å². The third kappa shape index (κ3) is 4.28. The van der Waals surface area contributed by atoms with Gasteiger partial charge in [0.2, 0.25) is 0 Å². The number of amides is 1. The summed E-state index contributed by atoms with van der Waals surface area (Å²) in [7, 11) is 0. The first-order chi connectivity index (χ1) is 12.1. The van der Waals surface area contributed by atoms with Crippen LogP contribution in [0.3, 0.4) is 0 Å². The van der Waals surface area contributed by atoms with E-state index in [9.17, 15) is 9.59 Å². The van der Waals surface area contributed by atoms with Crippen molar-refractivity contribution in [1.29, 1.82) is 0 Å². The summed E-state index contributed by atoms with van der Waals surface area (Å²) in [6.07, 6.45) is 3.16. The molecule has 1 aromatic heterocycles. The summed E-state index contributed by atoms with van der Waals surface area (Å²) in [5.41, 5.74) is 1.97. The first-order valence-electron chi connectivity index (χ1n) is 8.64. The van der Waals surface area contributed by atoms with Crippen molar-refractivity contribution in [3.8, 4) is 0 Å². The van der Waals surface area contributed by atoms with E-state index >= 15 is 0 Å². The number of hydrogen-bond acceptors (Lipinski definition) is 5. The predicted molar refractivity (Wildman–Crippen MR) is 95.9 cm³/mol. The highest BCUT2D eigenvalue weighted by Crippen LogP contribution is 2.24. The van der Waals surface area contributed by atoms with Gasteiger partial charge in [-0.05, 0) is 62.5 Å². The normalized spacial score (nSPS) is 17.6. The Labute approximate surface area is 151 Å². The number of rotatable bonds is 5. The number of carbonyl (C=O) groups excluding carboxylic acids is 2. The van der Waals surface area contributed by atoms with Gasteiger partial charge in [0.25, 0.3) is 10.7 Å². The van der Waals surface area contributed by atoms with Crippen LogP contribution < -0.4 is 0 Å². The molecule has 2 aromatic rings. The molecule has 0 radical (unpaired) electrons. The molecule has 3 rings (SSSR count). The highest BCUT2D eigenvalue weighted by atomic mass is 32.1. The first-order valence-corrected chi connectivity index (χ1v) is 9.05. The molecule has 1 amide bonds. The lowest BCUT2D eigenvalue weighted by atomic mass is 9.93. The molecular weight excluding hydrogens is 340 g/mol. The van der Waals surface area contributed by atoms with Gasteiger partial charge in [-0.3, -0.25) is 9.59 Å². The van der Waals surface area contributed by atoms with Crippen molar-refractivity contribution in [3.63, 3.8) is 0 Å². The van der Waals surface area contributed by atoms with E-state index in [1.165, 1.54) is 0 Å². The van der Waals surface area contributed by atoms with E-state index in [0.717, 1.165) is 31.3 Å². The van der Waals surface area contributed by atoms with Crippen molar-refractivity contribution in [2.45, 2.75) is 32.6 Å². The van der Waals surface area contributed by atoms with Crippen LogP contribution in [-0.2, 0) is 9.53 Å². The van der Waals surface area contributed by atoms with E-state index in [4.69, 9.17) is 21.4 Å². The maximum atomic E-state index is 12.8. The van der Waals surface area contributed by atoms with Crippen LogP contribution >= 0.6 is 12.2 Å². The molecule has 7 heteroatoms. The lowest BCUT2D eigenvalue weighted by molar-refractivity contribution is -0.143. The summed E-state index contributed by atoms with van der Waals surface area (Å²) >= 11 is 4.98. The quantitative estimate of drug-likeness (QED) is 0.648. The van der Waals surface area contributed by atoms with E-state index in [1.54, 1.807) is 19.1 Å². The molecule has 1 aromatic carbocycles. The van der Waals surface area contributed by atoms with Crippen molar-refractivity contribution >= 4 is 35.2 Å². The van der Waals surface area contributed by atoms with E-state index in [1.807, 2.05) is 11.0 Å². The number of oxazole rings is 1. The molecule has 1 fully saturated rings. The predicted octanol–water partition coefficient (Wildman–Crippen LogP) is 3.69. The standard InChI is InChI=1S/C18H22N2O4S/c1-2-23-16(21)8-5-12-4-3-9-20(11-12)17(22)13-6-7-14-15(10-13)24-18(25)19-14/h6-7,10,12H,2-5,8-9,11H2,1H3,(H,19,25)/t12-/m1/s1. The van der Waals surface area contributed by atoms with Gasteiger partial charge in [0.1, 0.15) is 0 Å². The fourth-order valence-corrected chi connectivity index (χ4v) is 3.50. The third-order valence-corrected chi connectivity index (χ3v) is 4.72. The molecule has 1 atom stereocenters. The van der Waals surface area contributed by atoms with Gasteiger partial charge in [-0.1, -0.05) is 0 Å². The average molecular weight is 362 g/mol. The lowest BCUT2D eigenvalue weighted by Crippen LogP contribution is -2.40. The number of nitrogens with one attached hydrogen (secondary N) is 1. The summed E-state index contributed by atoms with van der Waals surface area (Å²) in [6, 6.07) is 5.32.